The maximum absolute atomic E-state index is 2.48. The predicted octanol–water partition coefficient (Wildman–Crippen LogP) is 8.98. The van der Waals surface area contributed by atoms with Crippen molar-refractivity contribution >= 4 is 23.5 Å². The van der Waals surface area contributed by atoms with Crippen LogP contribution in [-0.2, 0) is 16.9 Å². The van der Waals surface area contributed by atoms with E-state index in [1.807, 2.05) is 0 Å². The minimum absolute atomic E-state index is 0.182. The van der Waals surface area contributed by atoms with Crippen molar-refractivity contribution in [2.75, 3.05) is 11.5 Å². The summed E-state index contributed by atoms with van der Waals surface area (Å²) in [5.74, 6) is 4.34. The number of aryl methyl sites for hydroxylation is 1. The molecule has 0 spiro atoms. The van der Waals surface area contributed by atoms with Crippen LogP contribution in [0.4, 0.5) is 0 Å². The third-order valence-corrected chi connectivity index (χ3v) is 10.7. The van der Waals surface area contributed by atoms with Gasteiger partial charge >= 0.3 is 0 Å². The van der Waals surface area contributed by atoms with Crippen LogP contribution in [0.1, 0.15) is 93.4 Å². The van der Waals surface area contributed by atoms with Crippen molar-refractivity contribution in [3.63, 3.8) is 0 Å². The lowest BCUT2D eigenvalue weighted by molar-refractivity contribution is 0.308. The summed E-state index contributed by atoms with van der Waals surface area (Å²) in [5.41, 5.74) is 6.08. The van der Waals surface area contributed by atoms with Gasteiger partial charge in [0.1, 0.15) is 0 Å². The van der Waals surface area contributed by atoms with E-state index in [-0.39, 0.29) is 4.08 Å². The van der Waals surface area contributed by atoms with Crippen LogP contribution in [0.25, 0.3) is 0 Å². The van der Waals surface area contributed by atoms with Crippen LogP contribution in [0.2, 0.25) is 0 Å². The summed E-state index contributed by atoms with van der Waals surface area (Å²) < 4.78 is 0.182. The Balaban J connectivity index is 1.47. The zero-order valence-corrected chi connectivity index (χ0v) is 21.2. The fourth-order valence-electron chi connectivity index (χ4n) is 5.53. The topological polar surface area (TPSA) is 0 Å². The summed E-state index contributed by atoms with van der Waals surface area (Å²) in [6.07, 6.45) is 13.3. The van der Waals surface area contributed by atoms with E-state index in [9.17, 15) is 0 Å². The van der Waals surface area contributed by atoms with Crippen LogP contribution in [0.5, 0.6) is 0 Å². The number of hydrogen-bond acceptors (Lipinski definition) is 2. The molecule has 0 amide bonds. The van der Waals surface area contributed by atoms with Crippen LogP contribution in [0.3, 0.4) is 0 Å². The standard InChI is InChI=1S/C29H40S2/c1-3-6-23-8-10-25(11-9-23)22-29(30-20-5-21-31-29)28-18-16-27(17-19-28)26-14-12-24(7-4-2)13-15-26/h8-11,16-19,24,26H,3-7,12-15,20-22H2,1-2H3. The molecule has 31 heavy (non-hydrogen) atoms. The zero-order chi connectivity index (χ0) is 21.5. The molecule has 1 aliphatic heterocycles. The third-order valence-electron chi connectivity index (χ3n) is 7.32. The van der Waals surface area contributed by atoms with Crippen molar-refractivity contribution in [3.05, 3.63) is 70.8 Å². The number of benzene rings is 2. The van der Waals surface area contributed by atoms with Crippen LogP contribution in [0.15, 0.2) is 48.5 Å². The lowest BCUT2D eigenvalue weighted by atomic mass is 9.77. The van der Waals surface area contributed by atoms with Gasteiger partial charge in [0.2, 0.25) is 0 Å². The molecule has 0 N–H and O–H groups in total. The number of thioether (sulfide) groups is 2. The van der Waals surface area contributed by atoms with Gasteiger partial charge in [0, 0.05) is 6.42 Å². The number of rotatable bonds is 8. The average Bonchev–Trinajstić information content (AvgIpc) is 2.82. The van der Waals surface area contributed by atoms with Crippen LogP contribution in [-0.4, -0.2) is 11.5 Å². The van der Waals surface area contributed by atoms with Gasteiger partial charge in [-0.15, -0.1) is 23.5 Å². The highest BCUT2D eigenvalue weighted by molar-refractivity contribution is 8.18. The molecule has 1 saturated heterocycles. The Kier molecular flexibility index (Phi) is 8.51. The van der Waals surface area contributed by atoms with E-state index in [0.29, 0.717) is 0 Å². The van der Waals surface area contributed by atoms with E-state index in [2.05, 4.69) is 85.9 Å². The summed E-state index contributed by atoms with van der Waals surface area (Å²) >= 11 is 4.37. The number of hydrogen-bond donors (Lipinski definition) is 0. The van der Waals surface area contributed by atoms with E-state index >= 15 is 0 Å². The summed E-state index contributed by atoms with van der Waals surface area (Å²) in [5, 5.41) is 0. The largest absolute Gasteiger partial charge is 0.139 e. The molecule has 0 atom stereocenters. The van der Waals surface area contributed by atoms with Crippen LogP contribution in [0, 0.1) is 5.92 Å². The molecular formula is C29H40S2. The lowest BCUT2D eigenvalue weighted by Crippen LogP contribution is -2.25. The highest BCUT2D eigenvalue weighted by Gasteiger charge is 2.36. The molecule has 2 aromatic carbocycles. The van der Waals surface area contributed by atoms with E-state index in [4.69, 9.17) is 0 Å². The normalized spacial score (nSPS) is 23.5. The van der Waals surface area contributed by atoms with Crippen LogP contribution >= 0.6 is 23.5 Å². The minimum Gasteiger partial charge on any atom is -0.139 e. The molecular weight excluding hydrogens is 412 g/mol. The maximum Gasteiger partial charge on any atom is 0.0900 e. The van der Waals surface area contributed by atoms with E-state index in [1.54, 1.807) is 5.56 Å². The van der Waals surface area contributed by atoms with Crippen molar-refractivity contribution in [1.29, 1.82) is 0 Å². The molecule has 2 aromatic rings. The van der Waals surface area contributed by atoms with Gasteiger partial charge in [-0.2, -0.15) is 0 Å². The molecule has 0 unspecified atom stereocenters. The Labute approximate surface area is 199 Å². The summed E-state index contributed by atoms with van der Waals surface area (Å²) in [6, 6.07) is 19.4. The molecule has 2 heteroatoms. The second-order valence-corrected chi connectivity index (χ2v) is 12.7. The summed E-state index contributed by atoms with van der Waals surface area (Å²) in [7, 11) is 0. The smallest absolute Gasteiger partial charge is 0.0900 e. The lowest BCUT2D eigenvalue weighted by Gasteiger charge is -2.37. The van der Waals surface area contributed by atoms with E-state index in [1.165, 1.54) is 86.0 Å². The highest BCUT2D eigenvalue weighted by Crippen LogP contribution is 2.52. The van der Waals surface area contributed by atoms with Crippen molar-refractivity contribution < 1.29 is 0 Å². The summed E-state index contributed by atoms with van der Waals surface area (Å²) in [4.78, 5) is 0. The van der Waals surface area contributed by atoms with Gasteiger partial charge in [0.05, 0.1) is 4.08 Å². The third kappa shape index (κ3) is 5.93. The van der Waals surface area contributed by atoms with Gasteiger partial charge in [-0.3, -0.25) is 0 Å². The Bertz CT molecular complexity index is 778. The van der Waals surface area contributed by atoms with Crippen LogP contribution < -0.4 is 0 Å². The fourth-order valence-corrected chi connectivity index (χ4v) is 8.92. The van der Waals surface area contributed by atoms with Crippen molar-refractivity contribution in [1.82, 2.24) is 0 Å². The molecule has 0 aromatic heterocycles. The first-order valence-electron chi connectivity index (χ1n) is 12.7. The molecule has 168 valence electrons. The Morgan fingerprint density at radius 3 is 2.03 bits per heavy atom. The van der Waals surface area contributed by atoms with E-state index in [0.717, 1.165) is 18.3 Å². The van der Waals surface area contributed by atoms with Gasteiger partial charge in [-0.05, 0) is 84.1 Å². The highest BCUT2D eigenvalue weighted by atomic mass is 32.2. The SMILES string of the molecule is CCCc1ccc(CC2(c3ccc(C4CCC(CCC)CC4)cc3)SCCCS2)cc1. The minimum atomic E-state index is 0.182. The second kappa shape index (κ2) is 11.3. The molecule has 0 bridgehead atoms. The van der Waals surface area contributed by atoms with Crippen molar-refractivity contribution in [2.24, 2.45) is 5.92 Å². The fraction of sp³-hybridized carbons (Fsp3) is 0.586. The Hall–Kier alpha value is -0.860. The molecule has 2 aliphatic rings. The molecule has 4 rings (SSSR count). The average molecular weight is 453 g/mol. The monoisotopic (exact) mass is 452 g/mol. The quantitative estimate of drug-likeness (QED) is 0.392. The van der Waals surface area contributed by atoms with Gasteiger partial charge in [-0.25, -0.2) is 0 Å². The molecule has 0 radical (unpaired) electrons. The first kappa shape index (κ1) is 23.3. The van der Waals surface area contributed by atoms with Gasteiger partial charge < -0.3 is 0 Å². The molecule has 1 aliphatic carbocycles. The Morgan fingerprint density at radius 1 is 0.774 bits per heavy atom. The van der Waals surface area contributed by atoms with Gasteiger partial charge in [0.15, 0.2) is 0 Å². The molecule has 0 nitrogen and oxygen atoms in total. The molecule has 2 fully saturated rings. The van der Waals surface area contributed by atoms with Gasteiger partial charge in [-0.1, -0.05) is 81.6 Å². The predicted molar refractivity (Wildman–Crippen MR) is 141 cm³/mol. The molecule has 1 saturated carbocycles. The first-order valence-corrected chi connectivity index (χ1v) is 14.7. The first-order chi connectivity index (χ1) is 15.2. The van der Waals surface area contributed by atoms with Crippen molar-refractivity contribution in [2.45, 2.75) is 88.1 Å². The molecule has 1 heterocycles. The Morgan fingerprint density at radius 2 is 1.42 bits per heavy atom. The zero-order valence-electron chi connectivity index (χ0n) is 19.6. The summed E-state index contributed by atoms with van der Waals surface area (Å²) in [6.45, 7) is 4.60. The van der Waals surface area contributed by atoms with E-state index < -0.39 is 0 Å². The second-order valence-electron chi connectivity index (χ2n) is 9.67. The van der Waals surface area contributed by atoms with Crippen molar-refractivity contribution in [3.8, 4) is 0 Å². The maximum atomic E-state index is 2.48. The van der Waals surface area contributed by atoms with Gasteiger partial charge in [0.25, 0.3) is 0 Å².